The number of carbonyl (C=O) groups is 1. The molecule has 0 spiro atoms. The predicted octanol–water partition coefficient (Wildman–Crippen LogP) is 1.52. The minimum absolute atomic E-state index is 0.0298. The fourth-order valence-corrected chi connectivity index (χ4v) is 2.22. The van der Waals surface area contributed by atoms with Crippen molar-refractivity contribution in [3.8, 4) is 0 Å². The molecule has 0 radical (unpaired) electrons. The van der Waals surface area contributed by atoms with Gasteiger partial charge in [-0.2, -0.15) is 0 Å². The molecule has 3 nitrogen and oxygen atoms in total. The maximum absolute atomic E-state index is 11.8. The Kier molecular flexibility index (Phi) is 3.15. The van der Waals surface area contributed by atoms with Gasteiger partial charge in [0.1, 0.15) is 0 Å². The molecule has 0 aliphatic heterocycles. The molecule has 0 aromatic rings. The molecule has 1 amide bonds. The lowest BCUT2D eigenvalue weighted by molar-refractivity contribution is -0.125. The van der Waals surface area contributed by atoms with Crippen molar-refractivity contribution in [3.63, 3.8) is 0 Å². The van der Waals surface area contributed by atoms with Gasteiger partial charge in [-0.05, 0) is 23.8 Å². The van der Waals surface area contributed by atoms with Crippen LogP contribution in [0.5, 0.6) is 0 Å². The van der Waals surface area contributed by atoms with Crippen LogP contribution in [0.15, 0.2) is 0 Å². The minimum atomic E-state index is 0.0298. The Morgan fingerprint density at radius 2 is 1.80 bits per heavy atom. The largest absolute Gasteiger partial charge is 0.352 e. The molecule has 0 heterocycles. The van der Waals surface area contributed by atoms with Crippen molar-refractivity contribution >= 4 is 5.91 Å². The summed E-state index contributed by atoms with van der Waals surface area (Å²) in [4.78, 5) is 11.8. The predicted molar refractivity (Wildman–Crippen MR) is 62.3 cm³/mol. The number of amides is 1. The summed E-state index contributed by atoms with van der Waals surface area (Å²) in [7, 11) is 0. The Hall–Kier alpha value is -0.570. The molecule has 3 heteroatoms. The van der Waals surface area contributed by atoms with E-state index in [1.807, 2.05) is 6.92 Å². The molecular weight excluding hydrogens is 188 g/mol. The van der Waals surface area contributed by atoms with Crippen LogP contribution in [0.3, 0.4) is 0 Å². The molecule has 1 aliphatic rings. The van der Waals surface area contributed by atoms with Crippen LogP contribution in [0.4, 0.5) is 0 Å². The standard InChI is InChI=1S/C12H24N2O/c1-8(6-7-13)9(15)14-10-11(2,3)12(10,4)5/h8,10H,6-7,13H2,1-5H3,(H,14,15). The van der Waals surface area contributed by atoms with Crippen molar-refractivity contribution < 1.29 is 4.79 Å². The first-order valence-electron chi connectivity index (χ1n) is 5.75. The van der Waals surface area contributed by atoms with E-state index in [-0.39, 0.29) is 22.7 Å². The van der Waals surface area contributed by atoms with Crippen molar-refractivity contribution in [2.75, 3.05) is 6.54 Å². The van der Waals surface area contributed by atoms with E-state index < -0.39 is 0 Å². The highest BCUT2D eigenvalue weighted by Crippen LogP contribution is 2.62. The molecule has 0 bridgehead atoms. The van der Waals surface area contributed by atoms with Crippen LogP contribution in [0.2, 0.25) is 0 Å². The Morgan fingerprint density at radius 3 is 2.13 bits per heavy atom. The van der Waals surface area contributed by atoms with E-state index in [2.05, 4.69) is 33.0 Å². The van der Waals surface area contributed by atoms with Gasteiger partial charge in [0.2, 0.25) is 5.91 Å². The summed E-state index contributed by atoms with van der Waals surface area (Å²) in [6, 6.07) is 0.303. The first kappa shape index (κ1) is 12.5. The first-order valence-corrected chi connectivity index (χ1v) is 5.75. The lowest BCUT2D eigenvalue weighted by Crippen LogP contribution is -2.34. The van der Waals surface area contributed by atoms with Crippen molar-refractivity contribution in [1.29, 1.82) is 0 Å². The van der Waals surface area contributed by atoms with Gasteiger partial charge in [-0.15, -0.1) is 0 Å². The van der Waals surface area contributed by atoms with E-state index in [1.54, 1.807) is 0 Å². The van der Waals surface area contributed by atoms with E-state index in [4.69, 9.17) is 5.73 Å². The van der Waals surface area contributed by atoms with Crippen molar-refractivity contribution in [3.05, 3.63) is 0 Å². The number of hydrogen-bond acceptors (Lipinski definition) is 2. The van der Waals surface area contributed by atoms with Gasteiger partial charge in [-0.3, -0.25) is 4.79 Å². The monoisotopic (exact) mass is 212 g/mol. The molecule has 1 fully saturated rings. The SMILES string of the molecule is CC(CCN)C(=O)NC1C(C)(C)C1(C)C. The Labute approximate surface area is 92.8 Å². The fourth-order valence-electron chi connectivity index (χ4n) is 2.22. The number of nitrogens with one attached hydrogen (secondary N) is 1. The summed E-state index contributed by atoms with van der Waals surface area (Å²) in [6.45, 7) is 11.3. The van der Waals surface area contributed by atoms with Gasteiger partial charge in [0.05, 0.1) is 0 Å². The maximum atomic E-state index is 11.8. The van der Waals surface area contributed by atoms with E-state index >= 15 is 0 Å². The van der Waals surface area contributed by atoms with Gasteiger partial charge in [0, 0.05) is 12.0 Å². The third kappa shape index (κ3) is 2.03. The molecule has 1 atom stereocenters. The highest BCUT2D eigenvalue weighted by Gasteiger charge is 2.65. The average molecular weight is 212 g/mol. The summed E-state index contributed by atoms with van der Waals surface area (Å²) in [5, 5.41) is 3.12. The van der Waals surface area contributed by atoms with Crippen molar-refractivity contribution in [1.82, 2.24) is 5.32 Å². The van der Waals surface area contributed by atoms with E-state index in [0.717, 1.165) is 6.42 Å². The quantitative estimate of drug-likeness (QED) is 0.742. The smallest absolute Gasteiger partial charge is 0.223 e. The van der Waals surface area contributed by atoms with Crippen LogP contribution in [-0.2, 0) is 4.79 Å². The van der Waals surface area contributed by atoms with E-state index in [9.17, 15) is 4.79 Å². The van der Waals surface area contributed by atoms with Crippen LogP contribution >= 0.6 is 0 Å². The minimum Gasteiger partial charge on any atom is -0.352 e. The maximum Gasteiger partial charge on any atom is 0.223 e. The number of hydrogen-bond donors (Lipinski definition) is 2. The molecule has 88 valence electrons. The normalized spacial score (nSPS) is 24.7. The topological polar surface area (TPSA) is 55.1 Å². The molecule has 0 aromatic carbocycles. The average Bonchev–Trinajstić information content (AvgIpc) is 2.48. The summed E-state index contributed by atoms with van der Waals surface area (Å²) in [6.07, 6.45) is 0.763. The second-order valence-electron chi connectivity index (χ2n) is 5.86. The van der Waals surface area contributed by atoms with Gasteiger partial charge >= 0.3 is 0 Å². The van der Waals surface area contributed by atoms with E-state index in [0.29, 0.717) is 12.6 Å². The Bertz CT molecular complexity index is 244. The first-order chi connectivity index (χ1) is 6.75. The highest BCUT2D eigenvalue weighted by molar-refractivity contribution is 5.79. The van der Waals surface area contributed by atoms with Crippen LogP contribution in [0.1, 0.15) is 41.0 Å². The molecular formula is C12H24N2O. The van der Waals surface area contributed by atoms with Crippen LogP contribution < -0.4 is 11.1 Å². The second-order valence-corrected chi connectivity index (χ2v) is 5.86. The zero-order valence-electron chi connectivity index (χ0n) is 10.6. The summed E-state index contributed by atoms with van der Waals surface area (Å²) in [5.41, 5.74) is 5.87. The van der Waals surface area contributed by atoms with Crippen molar-refractivity contribution in [2.45, 2.75) is 47.1 Å². The van der Waals surface area contributed by atoms with Gasteiger partial charge in [-0.25, -0.2) is 0 Å². The van der Waals surface area contributed by atoms with Crippen LogP contribution in [-0.4, -0.2) is 18.5 Å². The second kappa shape index (κ2) is 3.78. The zero-order valence-corrected chi connectivity index (χ0v) is 10.6. The van der Waals surface area contributed by atoms with Gasteiger partial charge < -0.3 is 11.1 Å². The summed E-state index contributed by atoms with van der Waals surface area (Å²) < 4.78 is 0. The molecule has 3 N–H and O–H groups in total. The molecule has 0 saturated heterocycles. The third-order valence-electron chi connectivity index (χ3n) is 4.35. The van der Waals surface area contributed by atoms with Crippen molar-refractivity contribution in [2.24, 2.45) is 22.5 Å². The molecule has 1 rings (SSSR count). The lowest BCUT2D eigenvalue weighted by atomic mass is 10.0. The number of carbonyl (C=O) groups excluding carboxylic acids is 1. The van der Waals surface area contributed by atoms with Crippen LogP contribution in [0.25, 0.3) is 0 Å². The van der Waals surface area contributed by atoms with E-state index in [1.165, 1.54) is 0 Å². The molecule has 0 aromatic heterocycles. The van der Waals surface area contributed by atoms with Gasteiger partial charge in [-0.1, -0.05) is 34.6 Å². The lowest BCUT2D eigenvalue weighted by Gasteiger charge is -2.12. The zero-order chi connectivity index (χ0) is 11.9. The molecule has 1 unspecified atom stereocenters. The Morgan fingerprint density at radius 1 is 1.33 bits per heavy atom. The summed E-state index contributed by atoms with van der Waals surface area (Å²) >= 11 is 0. The highest BCUT2D eigenvalue weighted by atomic mass is 16.2. The third-order valence-corrected chi connectivity index (χ3v) is 4.35. The van der Waals surface area contributed by atoms with Gasteiger partial charge in [0.25, 0.3) is 0 Å². The number of nitrogens with two attached hydrogens (primary N) is 1. The van der Waals surface area contributed by atoms with Crippen LogP contribution in [0, 0.1) is 16.7 Å². The molecule has 15 heavy (non-hydrogen) atoms. The fraction of sp³-hybridized carbons (Fsp3) is 0.917. The number of rotatable bonds is 4. The summed E-state index contributed by atoms with van der Waals surface area (Å²) in [5.74, 6) is 0.172. The molecule has 1 saturated carbocycles. The van der Waals surface area contributed by atoms with Gasteiger partial charge in [0.15, 0.2) is 0 Å². The Balaban J connectivity index is 2.48. The molecule has 1 aliphatic carbocycles.